The minimum atomic E-state index is -0.771. The van der Waals surface area contributed by atoms with Crippen LogP contribution in [-0.4, -0.2) is 27.9 Å². The predicted octanol–water partition coefficient (Wildman–Crippen LogP) is 3.33. The van der Waals surface area contributed by atoms with Gasteiger partial charge in [-0.25, -0.2) is 9.29 Å². The fourth-order valence-electron chi connectivity index (χ4n) is 5.38. The lowest BCUT2D eigenvalue weighted by atomic mass is 9.69. The van der Waals surface area contributed by atoms with Crippen molar-refractivity contribution in [1.82, 2.24) is 0 Å². The van der Waals surface area contributed by atoms with Crippen molar-refractivity contribution >= 4 is 34.0 Å². The number of carbonyl (C=O) groups is 2. The maximum Gasteiger partial charge on any atom is 0.280 e. The van der Waals surface area contributed by atoms with Crippen LogP contribution in [0, 0.1) is 27.8 Å². The summed E-state index contributed by atoms with van der Waals surface area (Å²) in [6.07, 6.45) is 1.38. The van der Waals surface area contributed by atoms with Crippen LogP contribution in [0.4, 0.5) is 15.8 Å². The van der Waals surface area contributed by atoms with E-state index in [-0.39, 0.29) is 28.3 Å². The molecule has 4 unspecified atom stereocenters. The molecule has 3 fully saturated rings. The van der Waals surface area contributed by atoms with Gasteiger partial charge in [0.25, 0.3) is 5.69 Å². The molecular formula is C20H17FN2O5. The Morgan fingerprint density at radius 1 is 1.11 bits per heavy atom. The van der Waals surface area contributed by atoms with Crippen LogP contribution in [0.2, 0.25) is 0 Å². The highest BCUT2D eigenvalue weighted by atomic mass is 19.1. The topological polar surface area (TPSA) is 89.8 Å². The van der Waals surface area contributed by atoms with Crippen LogP contribution >= 0.6 is 0 Å². The SMILES string of the molecule is CC12CCC(C)(O1)C1C(=O)N(c3ccc([N+](=O)[O-])c4c(F)cccc34)C(=O)C12. The van der Waals surface area contributed by atoms with Crippen molar-refractivity contribution in [2.45, 2.75) is 37.9 Å². The Morgan fingerprint density at radius 2 is 1.71 bits per heavy atom. The van der Waals surface area contributed by atoms with Gasteiger partial charge in [0, 0.05) is 11.5 Å². The second-order valence-corrected chi connectivity index (χ2v) is 8.22. The van der Waals surface area contributed by atoms with Crippen LogP contribution in [0.3, 0.4) is 0 Å². The number of halogens is 1. The van der Waals surface area contributed by atoms with Crippen LogP contribution < -0.4 is 4.90 Å². The number of non-ortho nitro benzene ring substituents is 1. The molecule has 0 radical (unpaired) electrons. The van der Waals surface area contributed by atoms with E-state index in [0.29, 0.717) is 12.8 Å². The lowest BCUT2D eigenvalue weighted by molar-refractivity contribution is -0.383. The average Bonchev–Trinajstić information content (AvgIpc) is 3.18. The summed E-state index contributed by atoms with van der Waals surface area (Å²) in [5.41, 5.74) is -1.64. The zero-order chi connectivity index (χ0) is 20.0. The minimum absolute atomic E-state index is 0.166. The van der Waals surface area contributed by atoms with Gasteiger partial charge in [-0.15, -0.1) is 0 Å². The van der Waals surface area contributed by atoms with Gasteiger partial charge >= 0.3 is 0 Å². The summed E-state index contributed by atoms with van der Waals surface area (Å²) in [5.74, 6) is -2.75. The van der Waals surface area contributed by atoms with Crippen LogP contribution in [0.5, 0.6) is 0 Å². The average molecular weight is 384 g/mol. The van der Waals surface area contributed by atoms with Crippen LogP contribution in [0.1, 0.15) is 26.7 Å². The van der Waals surface area contributed by atoms with E-state index in [1.54, 1.807) is 0 Å². The van der Waals surface area contributed by atoms with Crippen molar-refractivity contribution in [3.05, 3.63) is 46.3 Å². The van der Waals surface area contributed by atoms with E-state index in [2.05, 4.69) is 0 Å². The van der Waals surface area contributed by atoms with Crippen LogP contribution in [0.15, 0.2) is 30.3 Å². The number of anilines is 1. The molecule has 5 rings (SSSR count). The molecule has 3 aliphatic rings. The Labute approximate surface area is 159 Å². The fourth-order valence-corrected chi connectivity index (χ4v) is 5.38. The summed E-state index contributed by atoms with van der Waals surface area (Å²) in [4.78, 5) is 38.3. The second kappa shape index (κ2) is 5.14. The molecule has 2 aromatic carbocycles. The van der Waals surface area contributed by atoms with Crippen molar-refractivity contribution in [2.24, 2.45) is 11.8 Å². The molecule has 2 bridgehead atoms. The van der Waals surface area contributed by atoms with Gasteiger partial charge in [-0.05, 0) is 38.8 Å². The number of hydrogen-bond donors (Lipinski definition) is 0. The summed E-state index contributed by atoms with van der Waals surface area (Å²) < 4.78 is 20.5. The number of ether oxygens (including phenoxy) is 1. The number of nitro benzene ring substituents is 1. The molecular weight excluding hydrogens is 367 g/mol. The first-order valence-electron chi connectivity index (χ1n) is 9.11. The van der Waals surface area contributed by atoms with Gasteiger partial charge in [-0.2, -0.15) is 0 Å². The molecule has 0 saturated carbocycles. The van der Waals surface area contributed by atoms with E-state index >= 15 is 0 Å². The molecule has 2 amide bonds. The number of carbonyl (C=O) groups excluding carboxylic acids is 2. The van der Waals surface area contributed by atoms with Gasteiger partial charge in [0.15, 0.2) is 0 Å². The third-order valence-electron chi connectivity index (χ3n) is 6.59. The lowest BCUT2D eigenvalue weighted by Gasteiger charge is -2.27. The molecule has 2 aromatic rings. The highest BCUT2D eigenvalue weighted by Gasteiger charge is 2.72. The number of imide groups is 1. The third kappa shape index (κ3) is 1.90. The molecule has 3 heterocycles. The molecule has 0 aromatic heterocycles. The van der Waals surface area contributed by atoms with Gasteiger partial charge in [0.1, 0.15) is 5.82 Å². The Hall–Kier alpha value is -2.87. The van der Waals surface area contributed by atoms with Crippen molar-refractivity contribution < 1.29 is 23.6 Å². The van der Waals surface area contributed by atoms with Gasteiger partial charge in [0.05, 0.1) is 39.0 Å². The van der Waals surface area contributed by atoms with Crippen molar-refractivity contribution in [1.29, 1.82) is 0 Å². The zero-order valence-electron chi connectivity index (χ0n) is 15.3. The van der Waals surface area contributed by atoms with E-state index < -0.39 is 39.5 Å². The lowest BCUT2D eigenvalue weighted by Crippen LogP contribution is -2.40. The summed E-state index contributed by atoms with van der Waals surface area (Å²) in [7, 11) is 0. The molecule has 7 nitrogen and oxygen atoms in total. The molecule has 3 aliphatic heterocycles. The number of fused-ring (bicyclic) bond motifs is 6. The maximum atomic E-state index is 14.4. The first-order chi connectivity index (χ1) is 13.2. The molecule has 0 N–H and O–H groups in total. The van der Waals surface area contributed by atoms with E-state index in [0.717, 1.165) is 17.0 Å². The van der Waals surface area contributed by atoms with E-state index in [1.165, 1.54) is 18.2 Å². The number of hydrogen-bond acceptors (Lipinski definition) is 5. The number of benzene rings is 2. The number of nitrogens with zero attached hydrogens (tertiary/aromatic N) is 2. The molecule has 28 heavy (non-hydrogen) atoms. The Kier molecular flexibility index (Phi) is 3.16. The van der Waals surface area contributed by atoms with E-state index in [4.69, 9.17) is 4.74 Å². The van der Waals surface area contributed by atoms with Crippen molar-refractivity contribution in [3.63, 3.8) is 0 Å². The highest BCUT2D eigenvalue weighted by Crippen LogP contribution is 2.61. The number of rotatable bonds is 2. The fraction of sp³-hybridized carbons (Fsp3) is 0.400. The number of nitro groups is 1. The van der Waals surface area contributed by atoms with Gasteiger partial charge < -0.3 is 4.74 Å². The van der Waals surface area contributed by atoms with Crippen LogP contribution in [-0.2, 0) is 14.3 Å². The Morgan fingerprint density at radius 3 is 2.29 bits per heavy atom. The monoisotopic (exact) mass is 384 g/mol. The Balaban J connectivity index is 1.72. The van der Waals surface area contributed by atoms with Gasteiger partial charge in [0.2, 0.25) is 11.8 Å². The zero-order valence-corrected chi connectivity index (χ0v) is 15.3. The summed E-state index contributed by atoms with van der Waals surface area (Å²) >= 11 is 0. The van der Waals surface area contributed by atoms with Crippen molar-refractivity contribution in [2.75, 3.05) is 4.90 Å². The minimum Gasteiger partial charge on any atom is -0.367 e. The summed E-state index contributed by atoms with van der Waals surface area (Å²) in [5, 5.41) is 11.3. The van der Waals surface area contributed by atoms with Crippen LogP contribution in [0.25, 0.3) is 10.8 Å². The summed E-state index contributed by atoms with van der Waals surface area (Å²) in [6.45, 7) is 3.70. The molecule has 0 spiro atoms. The van der Waals surface area contributed by atoms with Gasteiger partial charge in [-0.1, -0.05) is 12.1 Å². The maximum absolute atomic E-state index is 14.4. The predicted molar refractivity (Wildman–Crippen MR) is 97.2 cm³/mol. The molecule has 8 heteroatoms. The Bertz CT molecular complexity index is 1070. The molecule has 144 valence electrons. The van der Waals surface area contributed by atoms with E-state index in [9.17, 15) is 24.1 Å². The smallest absolute Gasteiger partial charge is 0.280 e. The molecule has 0 aliphatic carbocycles. The second-order valence-electron chi connectivity index (χ2n) is 8.22. The first kappa shape index (κ1) is 17.2. The summed E-state index contributed by atoms with van der Waals surface area (Å²) in [6, 6.07) is 6.52. The largest absolute Gasteiger partial charge is 0.367 e. The highest BCUT2D eigenvalue weighted by molar-refractivity contribution is 6.26. The van der Waals surface area contributed by atoms with Gasteiger partial charge in [-0.3, -0.25) is 19.7 Å². The third-order valence-corrected chi connectivity index (χ3v) is 6.59. The van der Waals surface area contributed by atoms with Crippen molar-refractivity contribution in [3.8, 4) is 0 Å². The quantitative estimate of drug-likeness (QED) is 0.450. The molecule has 3 saturated heterocycles. The molecule has 4 atom stereocenters. The first-order valence-corrected chi connectivity index (χ1v) is 9.11. The number of amides is 2. The standard InChI is InChI=1S/C20H17FN2O5/c1-19-8-9-20(2,28-19)16-15(19)17(24)22(18(16)25)12-6-7-13(23(26)27)14-10(12)4-3-5-11(14)21/h3-7,15-16H,8-9H2,1-2H3. The van der Waals surface area contributed by atoms with E-state index in [1.807, 2.05) is 13.8 Å². The normalized spacial score (nSPS) is 33.8.